The summed E-state index contributed by atoms with van der Waals surface area (Å²) in [6.45, 7) is 11.2. The van der Waals surface area contributed by atoms with Crippen molar-refractivity contribution < 1.29 is 8.42 Å². The molecule has 1 atom stereocenters. The molecule has 6 nitrogen and oxygen atoms in total. The summed E-state index contributed by atoms with van der Waals surface area (Å²) in [5, 5.41) is 1.73. The third kappa shape index (κ3) is 4.70. The summed E-state index contributed by atoms with van der Waals surface area (Å²) in [4.78, 5) is 15.0. The molecule has 1 aliphatic heterocycles. The molecule has 1 unspecified atom stereocenters. The normalized spacial score (nSPS) is 19.8. The predicted molar refractivity (Wildman–Crippen MR) is 144 cm³/mol. The zero-order chi connectivity index (χ0) is 25.0. The van der Waals surface area contributed by atoms with E-state index in [4.69, 9.17) is 21.6 Å². The van der Waals surface area contributed by atoms with Crippen LogP contribution in [0.4, 0.5) is 5.82 Å². The lowest BCUT2D eigenvalue weighted by Gasteiger charge is -2.36. The second-order valence-corrected chi connectivity index (χ2v) is 14.1. The molecule has 2 aliphatic rings. The average Bonchev–Trinajstić information content (AvgIpc) is 3.21. The Balaban J connectivity index is 1.44. The number of sulfonamides is 1. The van der Waals surface area contributed by atoms with Crippen molar-refractivity contribution in [1.29, 1.82) is 0 Å². The highest BCUT2D eigenvalue weighted by Crippen LogP contribution is 2.45. The number of anilines is 1. The summed E-state index contributed by atoms with van der Waals surface area (Å²) in [7, 11) is -3.55. The maximum absolute atomic E-state index is 13.2. The number of hydrogen-bond donors (Lipinski definition) is 0. The molecule has 1 saturated heterocycles. The van der Waals surface area contributed by atoms with Gasteiger partial charge in [-0.25, -0.2) is 18.4 Å². The minimum atomic E-state index is -3.55. The van der Waals surface area contributed by atoms with Crippen molar-refractivity contribution in [2.45, 2.75) is 58.3 Å². The smallest absolute Gasteiger partial charge is 0.243 e. The molecular weight excluding hydrogens is 500 g/mol. The number of aromatic nitrogens is 2. The van der Waals surface area contributed by atoms with Crippen molar-refractivity contribution in [3.63, 3.8) is 0 Å². The minimum absolute atomic E-state index is 0.286. The molecule has 5 rings (SSSR count). The molecule has 9 heteroatoms. The highest BCUT2D eigenvalue weighted by Gasteiger charge is 2.34. The second kappa shape index (κ2) is 9.29. The van der Waals surface area contributed by atoms with Crippen LogP contribution >= 0.6 is 22.9 Å². The Morgan fingerprint density at radius 3 is 2.40 bits per heavy atom. The van der Waals surface area contributed by atoms with E-state index in [1.54, 1.807) is 28.6 Å². The highest BCUT2D eigenvalue weighted by atomic mass is 35.5. The van der Waals surface area contributed by atoms with Crippen LogP contribution in [0.25, 0.3) is 10.2 Å². The number of fused-ring (bicyclic) bond motifs is 3. The van der Waals surface area contributed by atoms with Gasteiger partial charge in [-0.05, 0) is 60.4 Å². The van der Waals surface area contributed by atoms with Gasteiger partial charge in [-0.1, -0.05) is 39.3 Å². The van der Waals surface area contributed by atoms with Gasteiger partial charge in [-0.15, -0.1) is 11.3 Å². The predicted octanol–water partition coefficient (Wildman–Crippen LogP) is 5.57. The molecule has 1 fully saturated rings. The fourth-order valence-corrected chi connectivity index (χ4v) is 8.08. The Morgan fingerprint density at radius 1 is 1.09 bits per heavy atom. The van der Waals surface area contributed by atoms with E-state index in [2.05, 4.69) is 32.6 Å². The van der Waals surface area contributed by atoms with E-state index in [0.717, 1.165) is 35.7 Å². The lowest BCUT2D eigenvalue weighted by Crippen LogP contribution is -2.49. The van der Waals surface area contributed by atoms with Crippen molar-refractivity contribution in [3.8, 4) is 0 Å². The van der Waals surface area contributed by atoms with E-state index < -0.39 is 10.0 Å². The maximum atomic E-state index is 13.2. The SMILES string of the molecule is CCc1nc(N2CCN(S(=O)(=O)c3ccc(Cl)cc3)CC2)c2c3c(sc2n1)CC(C(C)(C)C)CC3. The summed E-state index contributed by atoms with van der Waals surface area (Å²) >= 11 is 7.79. The lowest BCUT2D eigenvalue weighted by atomic mass is 9.72. The van der Waals surface area contributed by atoms with Crippen molar-refractivity contribution in [1.82, 2.24) is 14.3 Å². The van der Waals surface area contributed by atoms with Gasteiger partial charge in [0.1, 0.15) is 16.5 Å². The summed E-state index contributed by atoms with van der Waals surface area (Å²) in [5.41, 5.74) is 1.71. The Bertz CT molecular complexity index is 1340. The van der Waals surface area contributed by atoms with Gasteiger partial charge in [-0.2, -0.15) is 4.31 Å². The first-order valence-electron chi connectivity index (χ1n) is 12.4. The third-order valence-corrected chi connectivity index (χ3v) is 10.8. The number of nitrogens with zero attached hydrogens (tertiary/aromatic N) is 4. The number of halogens is 1. The molecule has 188 valence electrons. The number of piperazine rings is 1. The maximum Gasteiger partial charge on any atom is 0.243 e. The molecule has 0 amide bonds. The first-order chi connectivity index (χ1) is 16.6. The van der Waals surface area contributed by atoms with Gasteiger partial charge >= 0.3 is 0 Å². The van der Waals surface area contributed by atoms with Gasteiger partial charge in [0.15, 0.2) is 0 Å². The Kier molecular flexibility index (Phi) is 6.62. The van der Waals surface area contributed by atoms with Crippen molar-refractivity contribution in [3.05, 3.63) is 45.6 Å². The molecule has 2 aromatic heterocycles. The average molecular weight is 533 g/mol. The summed E-state index contributed by atoms with van der Waals surface area (Å²) in [6.07, 6.45) is 4.13. The van der Waals surface area contributed by atoms with Gasteiger partial charge in [0.05, 0.1) is 10.3 Å². The quantitative estimate of drug-likeness (QED) is 0.439. The Hall–Kier alpha value is -1.74. The number of aryl methyl sites for hydroxylation is 2. The number of hydrogen-bond acceptors (Lipinski definition) is 6. The van der Waals surface area contributed by atoms with Gasteiger partial charge in [0.25, 0.3) is 0 Å². The molecule has 1 aliphatic carbocycles. The molecule has 0 N–H and O–H groups in total. The largest absolute Gasteiger partial charge is 0.353 e. The second-order valence-electron chi connectivity index (χ2n) is 10.7. The minimum Gasteiger partial charge on any atom is -0.353 e. The topological polar surface area (TPSA) is 66.4 Å². The standard InChI is InChI=1S/C26H33ClN4O2S2/c1-5-22-28-24(23-20-11-6-17(26(2,3)4)16-21(20)34-25(23)29-22)30-12-14-31(15-13-30)35(32,33)19-9-7-18(27)8-10-19/h7-10,17H,5-6,11-16H2,1-4H3. The molecule has 0 bridgehead atoms. The fourth-order valence-electron chi connectivity index (χ4n) is 5.22. The monoisotopic (exact) mass is 532 g/mol. The third-order valence-electron chi connectivity index (χ3n) is 7.47. The molecular formula is C26H33ClN4O2S2. The van der Waals surface area contributed by atoms with Crippen LogP contribution in [0.5, 0.6) is 0 Å². The fraction of sp³-hybridized carbons (Fsp3) is 0.538. The molecule has 0 spiro atoms. The first-order valence-corrected chi connectivity index (χ1v) is 15.0. The van der Waals surface area contributed by atoms with Crippen LogP contribution in [0, 0.1) is 11.3 Å². The van der Waals surface area contributed by atoms with E-state index in [9.17, 15) is 8.42 Å². The molecule has 35 heavy (non-hydrogen) atoms. The summed E-state index contributed by atoms with van der Waals surface area (Å²) < 4.78 is 27.9. The van der Waals surface area contributed by atoms with Crippen LogP contribution < -0.4 is 4.90 Å². The van der Waals surface area contributed by atoms with Gasteiger partial charge in [-0.3, -0.25) is 0 Å². The zero-order valence-electron chi connectivity index (χ0n) is 20.8. The van der Waals surface area contributed by atoms with Gasteiger partial charge in [0.2, 0.25) is 10.0 Å². The lowest BCUT2D eigenvalue weighted by molar-refractivity contribution is 0.218. The molecule has 3 heterocycles. The van der Waals surface area contributed by atoms with Gasteiger partial charge < -0.3 is 4.90 Å². The number of benzene rings is 1. The van der Waals surface area contributed by atoms with Crippen LogP contribution in [0.1, 0.15) is 50.4 Å². The van der Waals surface area contributed by atoms with Crippen LogP contribution in [-0.2, 0) is 29.3 Å². The molecule has 3 aromatic rings. The number of thiophene rings is 1. The van der Waals surface area contributed by atoms with E-state index in [1.165, 1.54) is 22.2 Å². The first kappa shape index (κ1) is 24.9. The van der Waals surface area contributed by atoms with Crippen LogP contribution in [0.2, 0.25) is 5.02 Å². The molecule has 0 radical (unpaired) electrons. The van der Waals surface area contributed by atoms with Crippen LogP contribution in [-0.4, -0.2) is 48.9 Å². The van der Waals surface area contributed by atoms with Crippen LogP contribution in [0.3, 0.4) is 0 Å². The Labute approximate surface area is 217 Å². The van der Waals surface area contributed by atoms with Crippen molar-refractivity contribution >= 4 is 49.0 Å². The summed E-state index contributed by atoms with van der Waals surface area (Å²) in [5.74, 6) is 2.52. The van der Waals surface area contributed by atoms with Crippen molar-refractivity contribution in [2.24, 2.45) is 11.3 Å². The summed E-state index contributed by atoms with van der Waals surface area (Å²) in [6, 6.07) is 6.40. The van der Waals surface area contributed by atoms with E-state index in [1.807, 2.05) is 11.3 Å². The molecule has 0 saturated carbocycles. The van der Waals surface area contributed by atoms with E-state index in [-0.39, 0.29) is 4.90 Å². The molecule has 1 aromatic carbocycles. The zero-order valence-corrected chi connectivity index (χ0v) is 23.2. The van der Waals surface area contributed by atoms with E-state index >= 15 is 0 Å². The van der Waals surface area contributed by atoms with Crippen LogP contribution in [0.15, 0.2) is 29.2 Å². The van der Waals surface area contributed by atoms with Gasteiger partial charge in [0, 0.05) is 42.5 Å². The Morgan fingerprint density at radius 2 is 1.77 bits per heavy atom. The van der Waals surface area contributed by atoms with E-state index in [0.29, 0.717) is 42.5 Å². The van der Waals surface area contributed by atoms with Crippen molar-refractivity contribution in [2.75, 3.05) is 31.1 Å². The number of rotatable bonds is 4. The highest BCUT2D eigenvalue weighted by molar-refractivity contribution is 7.89.